The zero-order valence-corrected chi connectivity index (χ0v) is 11.6. The highest BCUT2D eigenvalue weighted by Crippen LogP contribution is 2.28. The topological polar surface area (TPSA) is 21.3 Å². The highest BCUT2D eigenvalue weighted by molar-refractivity contribution is 9.10. The Kier molecular flexibility index (Phi) is 3.27. The Bertz CT molecular complexity index is 384. The first-order valence-electron chi connectivity index (χ1n) is 5.63. The van der Waals surface area contributed by atoms with Crippen molar-refractivity contribution in [3.05, 3.63) is 28.2 Å². The lowest BCUT2D eigenvalue weighted by Gasteiger charge is -2.32. The van der Waals surface area contributed by atoms with E-state index in [1.807, 2.05) is 12.1 Å². The van der Waals surface area contributed by atoms with Crippen molar-refractivity contribution < 1.29 is 4.74 Å². The van der Waals surface area contributed by atoms with Gasteiger partial charge >= 0.3 is 0 Å². The molecule has 1 heterocycles. The Morgan fingerprint density at radius 3 is 2.81 bits per heavy atom. The fourth-order valence-electron chi connectivity index (χ4n) is 2.07. The molecule has 0 radical (unpaired) electrons. The van der Waals surface area contributed by atoms with Gasteiger partial charge in [0, 0.05) is 16.1 Å². The van der Waals surface area contributed by atoms with E-state index in [-0.39, 0.29) is 5.54 Å². The van der Waals surface area contributed by atoms with Gasteiger partial charge in [-0.1, -0.05) is 15.9 Å². The highest BCUT2D eigenvalue weighted by atomic mass is 79.9. The first-order valence-corrected chi connectivity index (χ1v) is 6.42. The van der Waals surface area contributed by atoms with Crippen LogP contribution in [0.3, 0.4) is 0 Å². The maximum Gasteiger partial charge on any atom is 0.122 e. The molecule has 0 saturated carbocycles. The number of hydrogen-bond acceptors (Lipinski definition) is 2. The molecule has 1 N–H and O–H groups in total. The lowest BCUT2D eigenvalue weighted by atomic mass is 9.99. The van der Waals surface area contributed by atoms with Crippen molar-refractivity contribution in [3.63, 3.8) is 0 Å². The summed E-state index contributed by atoms with van der Waals surface area (Å²) in [5.41, 5.74) is 1.42. The van der Waals surface area contributed by atoms with Gasteiger partial charge in [0.15, 0.2) is 0 Å². The molecule has 0 aromatic heterocycles. The van der Waals surface area contributed by atoms with E-state index in [4.69, 9.17) is 4.74 Å². The van der Waals surface area contributed by atoms with Gasteiger partial charge in [0.05, 0.1) is 0 Å². The molecule has 1 aromatic rings. The lowest BCUT2D eigenvalue weighted by molar-refractivity contribution is 0.211. The molecule has 0 bridgehead atoms. The fourth-order valence-corrected chi connectivity index (χ4v) is 2.48. The number of halogens is 1. The van der Waals surface area contributed by atoms with Crippen LogP contribution in [0.25, 0.3) is 0 Å². The second-order valence-electron chi connectivity index (χ2n) is 5.36. The van der Waals surface area contributed by atoms with Gasteiger partial charge in [-0.05, 0) is 51.0 Å². The van der Waals surface area contributed by atoms with Crippen molar-refractivity contribution in [1.29, 1.82) is 0 Å². The minimum atomic E-state index is 0.136. The molecule has 0 spiro atoms. The number of ether oxygens (including phenoxy) is 1. The Morgan fingerprint density at radius 1 is 1.38 bits per heavy atom. The van der Waals surface area contributed by atoms with E-state index < -0.39 is 0 Å². The molecule has 0 saturated heterocycles. The predicted octanol–water partition coefficient (Wildman–Crippen LogP) is 3.14. The van der Waals surface area contributed by atoms with E-state index in [2.05, 4.69) is 48.1 Å². The second kappa shape index (κ2) is 4.38. The maximum atomic E-state index is 5.75. The van der Waals surface area contributed by atoms with Crippen LogP contribution in [0.4, 0.5) is 0 Å². The minimum Gasteiger partial charge on any atom is -0.492 e. The average molecular weight is 284 g/mol. The molecule has 0 aliphatic carbocycles. The number of nitrogens with one attached hydrogen (secondary N) is 1. The molecule has 0 fully saturated rings. The third kappa shape index (κ3) is 2.98. The molecule has 0 amide bonds. The summed E-state index contributed by atoms with van der Waals surface area (Å²) in [4.78, 5) is 0. The Morgan fingerprint density at radius 2 is 2.12 bits per heavy atom. The van der Waals surface area contributed by atoms with E-state index in [9.17, 15) is 0 Å². The fraction of sp³-hybridized carbons (Fsp3) is 0.538. The average Bonchev–Trinajstić information content (AvgIpc) is 2.14. The van der Waals surface area contributed by atoms with Crippen molar-refractivity contribution in [3.8, 4) is 5.75 Å². The van der Waals surface area contributed by atoms with Crippen LogP contribution in [-0.4, -0.2) is 18.2 Å². The SMILES string of the molecule is CC(C)(C)NC1COc2ccc(Br)cc2C1. The summed E-state index contributed by atoms with van der Waals surface area (Å²) in [6.07, 6.45) is 1.03. The summed E-state index contributed by atoms with van der Waals surface area (Å²) < 4.78 is 6.87. The van der Waals surface area contributed by atoms with Crippen LogP contribution >= 0.6 is 15.9 Å². The number of fused-ring (bicyclic) bond motifs is 1. The molecule has 1 aliphatic rings. The molecule has 1 unspecified atom stereocenters. The smallest absolute Gasteiger partial charge is 0.122 e. The molecule has 1 aliphatic heterocycles. The van der Waals surface area contributed by atoms with Gasteiger partial charge in [0.2, 0.25) is 0 Å². The van der Waals surface area contributed by atoms with Crippen LogP contribution in [0.1, 0.15) is 26.3 Å². The Labute approximate surface area is 106 Å². The minimum absolute atomic E-state index is 0.136. The van der Waals surface area contributed by atoms with E-state index in [1.54, 1.807) is 0 Å². The third-order valence-electron chi connectivity index (χ3n) is 2.57. The second-order valence-corrected chi connectivity index (χ2v) is 6.27. The van der Waals surface area contributed by atoms with Gasteiger partial charge in [-0.3, -0.25) is 0 Å². The van der Waals surface area contributed by atoms with Crippen LogP contribution in [0.2, 0.25) is 0 Å². The summed E-state index contributed by atoms with van der Waals surface area (Å²) in [7, 11) is 0. The van der Waals surface area contributed by atoms with E-state index >= 15 is 0 Å². The van der Waals surface area contributed by atoms with E-state index in [0.717, 1.165) is 23.2 Å². The van der Waals surface area contributed by atoms with Gasteiger partial charge in [-0.25, -0.2) is 0 Å². The lowest BCUT2D eigenvalue weighted by Crippen LogP contribution is -2.48. The molecule has 1 aromatic carbocycles. The third-order valence-corrected chi connectivity index (χ3v) is 3.06. The predicted molar refractivity (Wildman–Crippen MR) is 70.0 cm³/mol. The molecular weight excluding hydrogens is 266 g/mol. The normalized spacial score (nSPS) is 20.1. The van der Waals surface area contributed by atoms with Gasteiger partial charge in [-0.2, -0.15) is 0 Å². The molecule has 2 rings (SSSR count). The quantitative estimate of drug-likeness (QED) is 0.855. The Balaban J connectivity index is 2.11. The van der Waals surface area contributed by atoms with Crippen LogP contribution in [0.5, 0.6) is 5.75 Å². The highest BCUT2D eigenvalue weighted by Gasteiger charge is 2.23. The Hall–Kier alpha value is -0.540. The standard InChI is InChI=1S/C13H18BrNO/c1-13(2,3)15-11-7-9-6-10(14)4-5-12(9)16-8-11/h4-6,11,15H,7-8H2,1-3H3. The van der Waals surface area contributed by atoms with Gasteiger partial charge < -0.3 is 10.1 Å². The summed E-state index contributed by atoms with van der Waals surface area (Å²) in [5.74, 6) is 1.02. The first kappa shape index (κ1) is 11.9. The van der Waals surface area contributed by atoms with E-state index in [1.165, 1.54) is 5.56 Å². The molecule has 88 valence electrons. The molecule has 16 heavy (non-hydrogen) atoms. The first-order chi connectivity index (χ1) is 7.44. The maximum absolute atomic E-state index is 5.75. The van der Waals surface area contributed by atoms with Crippen LogP contribution in [0, 0.1) is 0 Å². The van der Waals surface area contributed by atoms with Gasteiger partial charge in [0.25, 0.3) is 0 Å². The van der Waals surface area contributed by atoms with Gasteiger partial charge in [-0.15, -0.1) is 0 Å². The summed E-state index contributed by atoms with van der Waals surface area (Å²) in [5, 5.41) is 3.58. The van der Waals surface area contributed by atoms with Crippen LogP contribution < -0.4 is 10.1 Å². The van der Waals surface area contributed by atoms with Crippen molar-refractivity contribution >= 4 is 15.9 Å². The van der Waals surface area contributed by atoms with Gasteiger partial charge in [0.1, 0.15) is 12.4 Å². The zero-order chi connectivity index (χ0) is 11.8. The van der Waals surface area contributed by atoms with Crippen molar-refractivity contribution in [2.75, 3.05) is 6.61 Å². The summed E-state index contributed by atoms with van der Waals surface area (Å²) in [6.45, 7) is 7.31. The zero-order valence-electron chi connectivity index (χ0n) is 10.0. The molecular formula is C13H18BrNO. The monoisotopic (exact) mass is 283 g/mol. The molecule has 2 nitrogen and oxygen atoms in total. The number of rotatable bonds is 1. The van der Waals surface area contributed by atoms with Crippen LogP contribution in [-0.2, 0) is 6.42 Å². The summed E-state index contributed by atoms with van der Waals surface area (Å²) in [6, 6.07) is 6.61. The number of hydrogen-bond donors (Lipinski definition) is 1. The van der Waals surface area contributed by atoms with Crippen LogP contribution in [0.15, 0.2) is 22.7 Å². The largest absolute Gasteiger partial charge is 0.492 e. The van der Waals surface area contributed by atoms with E-state index in [0.29, 0.717) is 6.04 Å². The molecule has 1 atom stereocenters. The molecule has 3 heteroatoms. The number of benzene rings is 1. The summed E-state index contributed by atoms with van der Waals surface area (Å²) >= 11 is 3.50. The van der Waals surface area contributed by atoms with Crippen molar-refractivity contribution in [2.45, 2.75) is 38.8 Å². The van der Waals surface area contributed by atoms with Crippen molar-refractivity contribution in [1.82, 2.24) is 5.32 Å². The van der Waals surface area contributed by atoms with Crippen molar-refractivity contribution in [2.24, 2.45) is 0 Å².